The molecule has 2 rings (SSSR count). The summed E-state index contributed by atoms with van der Waals surface area (Å²) in [6, 6.07) is 7.09. The summed E-state index contributed by atoms with van der Waals surface area (Å²) in [7, 11) is 0. The summed E-state index contributed by atoms with van der Waals surface area (Å²) in [5, 5.41) is 0.212. The predicted octanol–water partition coefficient (Wildman–Crippen LogP) is 3.50. The van der Waals surface area contributed by atoms with Crippen molar-refractivity contribution in [3.63, 3.8) is 0 Å². The van der Waals surface area contributed by atoms with Gasteiger partial charge in [0.25, 0.3) is 0 Å². The first-order valence-electron chi connectivity index (χ1n) is 6.16. The topological polar surface area (TPSA) is 42.1 Å². The van der Waals surface area contributed by atoms with Crippen LogP contribution in [0.3, 0.4) is 0 Å². The minimum atomic E-state index is -0.557. The Morgan fingerprint density at radius 2 is 2.05 bits per heavy atom. The van der Waals surface area contributed by atoms with Crippen LogP contribution in [0.1, 0.15) is 6.42 Å². The largest absolute Gasteiger partial charge is 0.330 e. The monoisotopic (exact) mass is 297 g/mol. The van der Waals surface area contributed by atoms with Gasteiger partial charge in [0.15, 0.2) is 11.6 Å². The smallest absolute Gasteiger partial charge is 0.169 e. The summed E-state index contributed by atoms with van der Waals surface area (Å²) in [5.74, 6) is -0.846. The maximum Gasteiger partial charge on any atom is 0.169 e. The summed E-state index contributed by atoms with van der Waals surface area (Å²) in [4.78, 5) is 5.58. The fourth-order valence-corrected chi connectivity index (χ4v) is 2.00. The zero-order valence-electron chi connectivity index (χ0n) is 10.7. The lowest BCUT2D eigenvalue weighted by atomic mass is 10.2. The van der Waals surface area contributed by atoms with Crippen LogP contribution in [0, 0.1) is 11.6 Å². The van der Waals surface area contributed by atoms with Crippen molar-refractivity contribution >= 4 is 23.1 Å². The summed E-state index contributed by atoms with van der Waals surface area (Å²) in [5.41, 5.74) is 6.01. The van der Waals surface area contributed by atoms with Crippen LogP contribution < -0.4 is 10.6 Å². The van der Waals surface area contributed by atoms with E-state index in [1.54, 1.807) is 17.0 Å². The van der Waals surface area contributed by atoms with Crippen molar-refractivity contribution in [2.24, 2.45) is 5.73 Å². The van der Waals surface area contributed by atoms with Crippen LogP contribution in [0.4, 0.5) is 20.3 Å². The average Bonchev–Trinajstić information content (AvgIpc) is 2.41. The number of benzene rings is 1. The van der Waals surface area contributed by atoms with Gasteiger partial charge in [0.2, 0.25) is 0 Å². The number of pyridine rings is 1. The van der Waals surface area contributed by atoms with Gasteiger partial charge in [-0.1, -0.05) is 17.7 Å². The molecule has 0 radical (unpaired) electrons. The minimum absolute atomic E-state index is 0.105. The maximum atomic E-state index is 14.0. The van der Waals surface area contributed by atoms with Crippen LogP contribution in [0.15, 0.2) is 36.5 Å². The Balaban J connectivity index is 2.41. The van der Waals surface area contributed by atoms with Crippen LogP contribution in [0.25, 0.3) is 0 Å². The molecule has 0 spiro atoms. The van der Waals surface area contributed by atoms with Crippen molar-refractivity contribution in [2.45, 2.75) is 6.42 Å². The first-order chi connectivity index (χ1) is 9.61. The second kappa shape index (κ2) is 6.63. The molecule has 0 aliphatic carbocycles. The van der Waals surface area contributed by atoms with E-state index in [-0.39, 0.29) is 10.8 Å². The van der Waals surface area contributed by atoms with Gasteiger partial charge >= 0.3 is 0 Å². The number of hydrogen-bond acceptors (Lipinski definition) is 3. The highest BCUT2D eigenvalue weighted by atomic mass is 35.5. The normalized spacial score (nSPS) is 10.6. The van der Waals surface area contributed by atoms with Gasteiger partial charge in [0.05, 0.1) is 5.02 Å². The van der Waals surface area contributed by atoms with E-state index in [0.29, 0.717) is 25.2 Å². The van der Waals surface area contributed by atoms with Gasteiger partial charge in [-0.05, 0) is 37.2 Å². The highest BCUT2D eigenvalue weighted by molar-refractivity contribution is 6.30. The highest BCUT2D eigenvalue weighted by Crippen LogP contribution is 2.27. The van der Waals surface area contributed by atoms with E-state index in [0.717, 1.165) is 0 Å². The molecule has 106 valence electrons. The second-order valence-corrected chi connectivity index (χ2v) is 4.67. The Kier molecular flexibility index (Phi) is 4.87. The molecule has 0 saturated heterocycles. The van der Waals surface area contributed by atoms with Gasteiger partial charge in [-0.2, -0.15) is 0 Å². The zero-order chi connectivity index (χ0) is 14.5. The summed E-state index contributed by atoms with van der Waals surface area (Å²) >= 11 is 5.70. The van der Waals surface area contributed by atoms with E-state index in [4.69, 9.17) is 17.3 Å². The molecular weight excluding hydrogens is 284 g/mol. The number of nitrogens with two attached hydrogens (primary N) is 1. The lowest BCUT2D eigenvalue weighted by Crippen LogP contribution is -2.23. The molecule has 0 fully saturated rings. The number of aromatic nitrogens is 1. The Bertz CT molecular complexity index is 592. The van der Waals surface area contributed by atoms with Crippen molar-refractivity contribution in [1.29, 1.82) is 0 Å². The molecule has 1 aromatic carbocycles. The van der Waals surface area contributed by atoms with E-state index >= 15 is 0 Å². The number of hydrogen-bond donors (Lipinski definition) is 1. The average molecular weight is 298 g/mol. The first-order valence-corrected chi connectivity index (χ1v) is 6.54. The molecule has 0 atom stereocenters. The van der Waals surface area contributed by atoms with Crippen molar-refractivity contribution < 1.29 is 8.78 Å². The summed E-state index contributed by atoms with van der Waals surface area (Å²) < 4.78 is 27.3. The molecular formula is C14H14ClF2N3. The molecule has 0 aliphatic rings. The molecule has 1 aromatic heterocycles. The van der Waals surface area contributed by atoms with Crippen LogP contribution in [0.2, 0.25) is 5.02 Å². The zero-order valence-corrected chi connectivity index (χ0v) is 11.4. The highest BCUT2D eigenvalue weighted by Gasteiger charge is 2.16. The molecule has 0 amide bonds. The molecule has 6 heteroatoms. The van der Waals surface area contributed by atoms with Gasteiger partial charge in [0.1, 0.15) is 5.82 Å². The van der Waals surface area contributed by atoms with Crippen LogP contribution in [0.5, 0.6) is 0 Å². The Labute approximate surface area is 121 Å². The van der Waals surface area contributed by atoms with Crippen LogP contribution in [-0.4, -0.2) is 18.1 Å². The first kappa shape index (κ1) is 14.7. The van der Waals surface area contributed by atoms with Crippen LogP contribution >= 0.6 is 11.6 Å². The summed E-state index contributed by atoms with van der Waals surface area (Å²) in [6.45, 7) is 0.881. The standard InChI is InChI=1S/C14H14ClF2N3/c15-10-7-13(17)14(19-9-10)20(6-2-5-18)12-4-1-3-11(16)8-12/h1,3-4,7-9H,2,5-6,18H2. The van der Waals surface area contributed by atoms with E-state index in [1.165, 1.54) is 24.4 Å². The van der Waals surface area contributed by atoms with E-state index in [9.17, 15) is 8.78 Å². The van der Waals surface area contributed by atoms with Gasteiger partial charge in [-0.25, -0.2) is 13.8 Å². The third-order valence-electron chi connectivity index (χ3n) is 2.75. The predicted molar refractivity (Wildman–Crippen MR) is 76.3 cm³/mol. The minimum Gasteiger partial charge on any atom is -0.330 e. The van der Waals surface area contributed by atoms with Gasteiger partial charge < -0.3 is 10.6 Å². The molecule has 0 unspecified atom stereocenters. The summed E-state index contributed by atoms with van der Waals surface area (Å²) in [6.07, 6.45) is 1.98. The molecule has 0 saturated carbocycles. The van der Waals surface area contributed by atoms with Crippen molar-refractivity contribution in [3.8, 4) is 0 Å². The van der Waals surface area contributed by atoms with Crippen LogP contribution in [-0.2, 0) is 0 Å². The molecule has 20 heavy (non-hydrogen) atoms. The molecule has 0 bridgehead atoms. The molecule has 2 aromatic rings. The maximum absolute atomic E-state index is 14.0. The van der Waals surface area contributed by atoms with Gasteiger partial charge in [0, 0.05) is 18.4 Å². The number of nitrogens with zero attached hydrogens (tertiary/aromatic N) is 2. The number of anilines is 2. The van der Waals surface area contributed by atoms with E-state index in [2.05, 4.69) is 4.98 Å². The fourth-order valence-electron chi connectivity index (χ4n) is 1.86. The van der Waals surface area contributed by atoms with E-state index in [1.807, 2.05) is 0 Å². The second-order valence-electron chi connectivity index (χ2n) is 4.23. The van der Waals surface area contributed by atoms with Crippen molar-refractivity contribution in [1.82, 2.24) is 4.98 Å². The Morgan fingerprint density at radius 3 is 2.70 bits per heavy atom. The lowest BCUT2D eigenvalue weighted by Gasteiger charge is -2.24. The molecule has 3 nitrogen and oxygen atoms in total. The Hall–Kier alpha value is -1.72. The number of halogens is 3. The lowest BCUT2D eigenvalue weighted by molar-refractivity contribution is 0.613. The van der Waals surface area contributed by atoms with Crippen molar-refractivity contribution in [2.75, 3.05) is 18.0 Å². The SMILES string of the molecule is NCCCN(c1cccc(F)c1)c1ncc(Cl)cc1F. The van der Waals surface area contributed by atoms with E-state index < -0.39 is 11.6 Å². The molecule has 0 aliphatic heterocycles. The number of rotatable bonds is 5. The Morgan fingerprint density at radius 1 is 1.25 bits per heavy atom. The van der Waals surface area contributed by atoms with Gasteiger partial charge in [-0.3, -0.25) is 0 Å². The van der Waals surface area contributed by atoms with Crippen molar-refractivity contribution in [3.05, 3.63) is 53.2 Å². The third kappa shape index (κ3) is 3.43. The third-order valence-corrected chi connectivity index (χ3v) is 2.96. The van der Waals surface area contributed by atoms with Gasteiger partial charge in [-0.15, -0.1) is 0 Å². The molecule has 1 heterocycles. The molecule has 2 N–H and O–H groups in total. The quantitative estimate of drug-likeness (QED) is 0.918. The fraction of sp³-hybridized carbons (Fsp3) is 0.214.